The van der Waals surface area contributed by atoms with Gasteiger partial charge < -0.3 is 15.4 Å². The molecule has 1 saturated carbocycles. The highest BCUT2D eigenvalue weighted by atomic mass is 16.6. The van der Waals surface area contributed by atoms with Crippen molar-refractivity contribution in [3.63, 3.8) is 0 Å². The number of carbonyl (C=O) groups is 1. The zero-order valence-corrected chi connectivity index (χ0v) is 9.86. The van der Waals surface area contributed by atoms with Gasteiger partial charge in [0.15, 0.2) is 0 Å². The first-order chi connectivity index (χ1) is 6.81. The Morgan fingerprint density at radius 1 is 1.47 bits per heavy atom. The van der Waals surface area contributed by atoms with Gasteiger partial charge in [-0.1, -0.05) is 6.92 Å². The van der Waals surface area contributed by atoms with E-state index >= 15 is 0 Å². The number of hydrogen-bond acceptors (Lipinski definition) is 3. The van der Waals surface area contributed by atoms with Gasteiger partial charge in [-0.25, -0.2) is 4.79 Å². The largest absolute Gasteiger partial charge is 0.444 e. The Labute approximate surface area is 90.8 Å². The molecular formula is C11H20N2O2. The molecule has 15 heavy (non-hydrogen) atoms. The van der Waals surface area contributed by atoms with E-state index in [1.165, 1.54) is 0 Å². The highest BCUT2D eigenvalue weighted by Crippen LogP contribution is 2.45. The van der Waals surface area contributed by atoms with E-state index in [1.54, 1.807) is 4.90 Å². The lowest BCUT2D eigenvalue weighted by atomic mass is 9.71. The van der Waals surface area contributed by atoms with Crippen LogP contribution in [0.3, 0.4) is 0 Å². The summed E-state index contributed by atoms with van der Waals surface area (Å²) in [6, 6.07) is 0.359. The van der Waals surface area contributed by atoms with Gasteiger partial charge in [0, 0.05) is 12.6 Å². The van der Waals surface area contributed by atoms with E-state index in [-0.39, 0.29) is 18.2 Å². The predicted molar refractivity (Wildman–Crippen MR) is 57.4 cm³/mol. The molecule has 4 nitrogen and oxygen atoms in total. The van der Waals surface area contributed by atoms with E-state index in [2.05, 4.69) is 6.92 Å². The fraction of sp³-hybridized carbons (Fsp3) is 0.909. The minimum Gasteiger partial charge on any atom is -0.444 e. The molecule has 0 aromatic rings. The molecule has 2 heterocycles. The Balaban J connectivity index is 1.99. The average molecular weight is 212 g/mol. The van der Waals surface area contributed by atoms with Crippen molar-refractivity contribution in [2.45, 2.75) is 45.4 Å². The molecule has 1 amide bonds. The smallest absolute Gasteiger partial charge is 0.410 e. The Morgan fingerprint density at radius 2 is 2.07 bits per heavy atom. The molecule has 4 atom stereocenters. The van der Waals surface area contributed by atoms with Gasteiger partial charge in [0.05, 0.1) is 6.04 Å². The molecule has 1 aliphatic carbocycles. The van der Waals surface area contributed by atoms with Crippen LogP contribution in [0.2, 0.25) is 0 Å². The Kier molecular flexibility index (Phi) is 2.23. The highest BCUT2D eigenvalue weighted by molar-refractivity contribution is 5.70. The van der Waals surface area contributed by atoms with Crippen LogP contribution in [-0.4, -0.2) is 35.2 Å². The van der Waals surface area contributed by atoms with E-state index in [0.29, 0.717) is 11.8 Å². The van der Waals surface area contributed by atoms with Crippen molar-refractivity contribution in [2.24, 2.45) is 17.6 Å². The second-order valence-corrected chi connectivity index (χ2v) is 5.72. The number of nitrogens with zero attached hydrogens (tertiary/aromatic N) is 1. The number of nitrogens with two attached hydrogens (primary N) is 1. The summed E-state index contributed by atoms with van der Waals surface area (Å²) < 4.78 is 5.35. The van der Waals surface area contributed by atoms with Gasteiger partial charge in [-0.3, -0.25) is 0 Å². The summed E-state index contributed by atoms with van der Waals surface area (Å²) in [6.45, 7) is 8.57. The van der Waals surface area contributed by atoms with Crippen LogP contribution in [0.25, 0.3) is 0 Å². The molecule has 0 unspecified atom stereocenters. The van der Waals surface area contributed by atoms with Crippen molar-refractivity contribution >= 4 is 6.09 Å². The standard InChI is InChI=1S/C11H20N2O2/c1-6-7-5-13(9(6)8(7)12)10(14)15-11(2,3)4/h6-9H,5,12H2,1-4H3/t6-,7-,8+,9+/m1/s1. The lowest BCUT2D eigenvalue weighted by Crippen LogP contribution is -2.57. The number of amides is 1. The van der Waals surface area contributed by atoms with E-state index in [0.717, 1.165) is 6.54 Å². The molecule has 3 rings (SSSR count). The second kappa shape index (κ2) is 3.11. The van der Waals surface area contributed by atoms with Crippen LogP contribution in [0.15, 0.2) is 0 Å². The summed E-state index contributed by atoms with van der Waals surface area (Å²) >= 11 is 0. The van der Waals surface area contributed by atoms with Gasteiger partial charge in [0.2, 0.25) is 0 Å². The number of rotatable bonds is 0. The summed E-state index contributed by atoms with van der Waals surface area (Å²) in [5.41, 5.74) is 5.54. The van der Waals surface area contributed by atoms with Gasteiger partial charge in [0.25, 0.3) is 0 Å². The Morgan fingerprint density at radius 3 is 2.40 bits per heavy atom. The zero-order valence-electron chi connectivity index (χ0n) is 9.86. The summed E-state index contributed by atoms with van der Waals surface area (Å²) in [7, 11) is 0. The van der Waals surface area contributed by atoms with E-state index in [9.17, 15) is 4.79 Å². The molecule has 86 valence electrons. The van der Waals surface area contributed by atoms with Gasteiger partial charge >= 0.3 is 6.09 Å². The Bertz CT molecular complexity index is 275. The van der Waals surface area contributed by atoms with Crippen LogP contribution in [0.5, 0.6) is 0 Å². The molecule has 0 spiro atoms. The molecule has 4 heteroatoms. The van der Waals surface area contributed by atoms with Crippen LogP contribution in [0.1, 0.15) is 27.7 Å². The van der Waals surface area contributed by atoms with Crippen molar-refractivity contribution < 1.29 is 9.53 Å². The lowest BCUT2D eigenvalue weighted by Gasteiger charge is -2.40. The molecule has 2 bridgehead atoms. The second-order valence-electron chi connectivity index (χ2n) is 5.72. The van der Waals surface area contributed by atoms with Gasteiger partial charge in [0.1, 0.15) is 5.60 Å². The first-order valence-electron chi connectivity index (χ1n) is 5.56. The van der Waals surface area contributed by atoms with Crippen LogP contribution in [-0.2, 0) is 4.74 Å². The Hall–Kier alpha value is -0.770. The fourth-order valence-electron chi connectivity index (χ4n) is 2.71. The summed E-state index contributed by atoms with van der Waals surface area (Å²) in [5, 5.41) is 0. The van der Waals surface area contributed by atoms with Crippen LogP contribution in [0, 0.1) is 11.8 Å². The third-order valence-electron chi connectivity index (χ3n) is 3.50. The summed E-state index contributed by atoms with van der Waals surface area (Å²) in [5.74, 6) is 1.01. The zero-order chi connectivity index (χ0) is 11.4. The number of fused-ring (bicyclic) bond motifs is 1. The third kappa shape index (κ3) is 1.61. The highest BCUT2D eigenvalue weighted by Gasteiger charge is 2.58. The van der Waals surface area contributed by atoms with Crippen LogP contribution < -0.4 is 5.73 Å². The van der Waals surface area contributed by atoms with Crippen LogP contribution >= 0.6 is 0 Å². The minimum absolute atomic E-state index is 0.160. The van der Waals surface area contributed by atoms with Crippen molar-refractivity contribution in [2.75, 3.05) is 6.54 Å². The molecule has 2 saturated heterocycles. The van der Waals surface area contributed by atoms with E-state index < -0.39 is 5.60 Å². The molecule has 0 aromatic heterocycles. The average Bonchev–Trinajstić information content (AvgIpc) is 2.57. The van der Waals surface area contributed by atoms with E-state index in [1.807, 2.05) is 20.8 Å². The predicted octanol–water partition coefficient (Wildman–Crippen LogP) is 1.20. The van der Waals surface area contributed by atoms with Crippen molar-refractivity contribution in [3.8, 4) is 0 Å². The first-order valence-corrected chi connectivity index (χ1v) is 5.56. The van der Waals surface area contributed by atoms with E-state index in [4.69, 9.17) is 10.5 Å². The van der Waals surface area contributed by atoms with Crippen molar-refractivity contribution in [1.82, 2.24) is 4.90 Å². The summed E-state index contributed by atoms with van der Waals surface area (Å²) in [6.07, 6.45) is -0.213. The topological polar surface area (TPSA) is 55.6 Å². The molecular weight excluding hydrogens is 192 g/mol. The number of carbonyl (C=O) groups excluding carboxylic acids is 1. The van der Waals surface area contributed by atoms with Crippen molar-refractivity contribution in [3.05, 3.63) is 0 Å². The molecule has 2 N–H and O–H groups in total. The van der Waals surface area contributed by atoms with Crippen LogP contribution in [0.4, 0.5) is 4.79 Å². The van der Waals surface area contributed by atoms with Gasteiger partial charge in [-0.2, -0.15) is 0 Å². The number of ether oxygens (including phenoxy) is 1. The summed E-state index contributed by atoms with van der Waals surface area (Å²) in [4.78, 5) is 13.6. The number of hydrogen-bond donors (Lipinski definition) is 1. The molecule has 2 aliphatic heterocycles. The maximum atomic E-state index is 11.8. The fourth-order valence-corrected chi connectivity index (χ4v) is 2.71. The quantitative estimate of drug-likeness (QED) is 0.656. The molecule has 0 radical (unpaired) electrons. The van der Waals surface area contributed by atoms with Gasteiger partial charge in [-0.15, -0.1) is 0 Å². The molecule has 3 fully saturated rings. The maximum absolute atomic E-state index is 11.8. The monoisotopic (exact) mass is 212 g/mol. The third-order valence-corrected chi connectivity index (χ3v) is 3.50. The first kappa shape index (κ1) is 10.7. The molecule has 0 aromatic carbocycles. The SMILES string of the molecule is C[C@@H]1[C@H]2CN(C(=O)OC(C)(C)C)[C@@H]1[C@H]2N. The maximum Gasteiger partial charge on any atom is 0.410 e. The minimum atomic E-state index is -0.419. The normalized spacial score (nSPS) is 38.9. The van der Waals surface area contributed by atoms with Crippen molar-refractivity contribution in [1.29, 1.82) is 0 Å². The lowest BCUT2D eigenvalue weighted by molar-refractivity contribution is 0.0186. The van der Waals surface area contributed by atoms with Gasteiger partial charge in [-0.05, 0) is 32.6 Å². The molecule has 3 aliphatic rings.